The van der Waals surface area contributed by atoms with Gasteiger partial charge in [0.05, 0.1) is 20.0 Å². The summed E-state index contributed by atoms with van der Waals surface area (Å²) in [5, 5.41) is 0. The zero-order valence-electron chi connectivity index (χ0n) is 12.4. The fourth-order valence-electron chi connectivity index (χ4n) is 1.75. The number of sulfone groups is 1. The van der Waals surface area contributed by atoms with E-state index >= 15 is 0 Å². The zero-order valence-corrected chi connectivity index (χ0v) is 14.0. The third-order valence-corrected chi connectivity index (χ3v) is 5.48. The molecule has 1 aromatic carbocycles. The first kappa shape index (κ1) is 17.9. The minimum atomic E-state index is -3.12. The van der Waals surface area contributed by atoms with Crippen molar-refractivity contribution in [1.82, 2.24) is 0 Å². The SMILES string of the molecule is COc1ccc(OC)c(C(N)CS(=O)CCS(C)(=O)=O)c1. The third-order valence-electron chi connectivity index (χ3n) is 2.88. The standard InChI is InChI=1S/C13H21NO5S2/c1-18-10-4-5-13(19-2)11(8-10)12(14)9-20(15)6-7-21(3,16)17/h4-5,8,12H,6-7,9,14H2,1-3H3. The summed E-state index contributed by atoms with van der Waals surface area (Å²) in [6.45, 7) is 0. The molecule has 0 aliphatic heterocycles. The highest BCUT2D eigenvalue weighted by molar-refractivity contribution is 7.92. The lowest BCUT2D eigenvalue weighted by Gasteiger charge is -2.16. The van der Waals surface area contributed by atoms with E-state index in [-0.39, 0.29) is 17.3 Å². The van der Waals surface area contributed by atoms with Crippen LogP contribution < -0.4 is 15.2 Å². The van der Waals surface area contributed by atoms with E-state index in [1.54, 1.807) is 25.3 Å². The van der Waals surface area contributed by atoms with E-state index in [0.717, 1.165) is 6.26 Å². The first-order valence-corrected chi connectivity index (χ1v) is 9.82. The van der Waals surface area contributed by atoms with Gasteiger partial charge in [-0.15, -0.1) is 0 Å². The number of benzene rings is 1. The first-order valence-electron chi connectivity index (χ1n) is 6.27. The van der Waals surface area contributed by atoms with E-state index in [1.807, 2.05) is 0 Å². The largest absolute Gasteiger partial charge is 0.497 e. The average Bonchev–Trinajstić information content (AvgIpc) is 2.43. The molecule has 0 fully saturated rings. The summed E-state index contributed by atoms with van der Waals surface area (Å²) in [5.74, 6) is 1.35. The van der Waals surface area contributed by atoms with Crippen molar-refractivity contribution in [3.8, 4) is 11.5 Å². The van der Waals surface area contributed by atoms with Gasteiger partial charge in [0.15, 0.2) is 0 Å². The van der Waals surface area contributed by atoms with Gasteiger partial charge in [-0.25, -0.2) is 8.42 Å². The second kappa shape index (κ2) is 7.77. The molecule has 0 heterocycles. The van der Waals surface area contributed by atoms with Crippen LogP contribution >= 0.6 is 0 Å². The molecule has 0 spiro atoms. The molecule has 1 aromatic rings. The van der Waals surface area contributed by atoms with Gasteiger partial charge in [-0.2, -0.15) is 0 Å². The van der Waals surface area contributed by atoms with Crippen molar-refractivity contribution >= 4 is 20.6 Å². The molecule has 0 aliphatic carbocycles. The Morgan fingerprint density at radius 2 is 1.95 bits per heavy atom. The topological polar surface area (TPSA) is 95.7 Å². The minimum Gasteiger partial charge on any atom is -0.497 e. The molecule has 2 N–H and O–H groups in total. The maximum absolute atomic E-state index is 11.9. The van der Waals surface area contributed by atoms with E-state index in [0.29, 0.717) is 17.1 Å². The highest BCUT2D eigenvalue weighted by Crippen LogP contribution is 2.28. The van der Waals surface area contributed by atoms with E-state index in [1.165, 1.54) is 7.11 Å². The number of hydrogen-bond acceptors (Lipinski definition) is 6. The van der Waals surface area contributed by atoms with Gasteiger partial charge in [0.1, 0.15) is 21.3 Å². The molecule has 6 nitrogen and oxygen atoms in total. The molecular weight excluding hydrogens is 314 g/mol. The summed E-state index contributed by atoms with van der Waals surface area (Å²) >= 11 is 0. The molecule has 8 heteroatoms. The monoisotopic (exact) mass is 335 g/mol. The van der Waals surface area contributed by atoms with E-state index in [9.17, 15) is 12.6 Å². The van der Waals surface area contributed by atoms with Crippen LogP contribution in [0.25, 0.3) is 0 Å². The van der Waals surface area contributed by atoms with Gasteiger partial charge >= 0.3 is 0 Å². The number of methoxy groups -OCH3 is 2. The van der Waals surface area contributed by atoms with Crippen molar-refractivity contribution in [2.45, 2.75) is 6.04 Å². The van der Waals surface area contributed by atoms with Crippen LogP contribution in [-0.2, 0) is 20.6 Å². The van der Waals surface area contributed by atoms with E-state index < -0.39 is 26.7 Å². The Morgan fingerprint density at radius 1 is 1.29 bits per heavy atom. The third kappa shape index (κ3) is 6.03. The summed E-state index contributed by atoms with van der Waals surface area (Å²) in [7, 11) is -1.37. The van der Waals surface area contributed by atoms with Crippen molar-refractivity contribution < 1.29 is 22.1 Å². The molecule has 0 aromatic heterocycles. The molecule has 2 atom stereocenters. The Morgan fingerprint density at radius 3 is 2.48 bits per heavy atom. The lowest BCUT2D eigenvalue weighted by Crippen LogP contribution is -2.22. The van der Waals surface area contributed by atoms with Crippen LogP contribution in [0.3, 0.4) is 0 Å². The normalized spacial score (nSPS) is 14.5. The van der Waals surface area contributed by atoms with Gasteiger partial charge in [0, 0.05) is 40.2 Å². The highest BCUT2D eigenvalue weighted by atomic mass is 32.2. The molecule has 120 valence electrons. The van der Waals surface area contributed by atoms with Gasteiger partial charge in [0.25, 0.3) is 0 Å². The van der Waals surface area contributed by atoms with Crippen molar-refractivity contribution in [1.29, 1.82) is 0 Å². The van der Waals surface area contributed by atoms with Gasteiger partial charge in [-0.3, -0.25) is 4.21 Å². The van der Waals surface area contributed by atoms with E-state index in [2.05, 4.69) is 0 Å². The zero-order chi connectivity index (χ0) is 16.0. The van der Waals surface area contributed by atoms with Crippen molar-refractivity contribution in [3.63, 3.8) is 0 Å². The van der Waals surface area contributed by atoms with Crippen LogP contribution in [-0.4, -0.2) is 50.4 Å². The number of hydrogen-bond donors (Lipinski definition) is 1. The second-order valence-corrected chi connectivity index (χ2v) is 8.54. The maximum atomic E-state index is 11.9. The molecule has 0 saturated carbocycles. The summed E-state index contributed by atoms with van der Waals surface area (Å²) in [5.41, 5.74) is 6.74. The van der Waals surface area contributed by atoms with Crippen molar-refractivity contribution in [3.05, 3.63) is 23.8 Å². The highest BCUT2D eigenvalue weighted by Gasteiger charge is 2.17. The second-order valence-electron chi connectivity index (χ2n) is 4.65. The summed E-state index contributed by atoms with van der Waals surface area (Å²) in [6.07, 6.45) is 1.12. The fraction of sp³-hybridized carbons (Fsp3) is 0.538. The Bertz CT molecular complexity index is 601. The summed E-state index contributed by atoms with van der Waals surface area (Å²) in [4.78, 5) is 0. The molecule has 1 rings (SSSR count). The molecule has 0 radical (unpaired) electrons. The summed E-state index contributed by atoms with van der Waals surface area (Å²) < 4.78 is 44.4. The Kier molecular flexibility index (Phi) is 6.63. The minimum absolute atomic E-state index is 0.0822. The van der Waals surface area contributed by atoms with Gasteiger partial charge in [0.2, 0.25) is 0 Å². The predicted octanol–water partition coefficient (Wildman–Crippen LogP) is 0.497. The molecule has 2 unspecified atom stereocenters. The van der Waals surface area contributed by atoms with Crippen molar-refractivity contribution in [2.75, 3.05) is 37.7 Å². The average molecular weight is 335 g/mol. The summed E-state index contributed by atoms with van der Waals surface area (Å²) in [6, 6.07) is 4.69. The quantitative estimate of drug-likeness (QED) is 0.743. The van der Waals surface area contributed by atoms with Crippen LogP contribution in [0, 0.1) is 0 Å². The van der Waals surface area contributed by atoms with Gasteiger partial charge in [-0.1, -0.05) is 0 Å². The van der Waals surface area contributed by atoms with Crippen LogP contribution in [0.2, 0.25) is 0 Å². The molecule has 0 aliphatic rings. The molecule has 21 heavy (non-hydrogen) atoms. The molecule has 0 bridgehead atoms. The first-order chi connectivity index (χ1) is 9.76. The Balaban J connectivity index is 2.78. The van der Waals surface area contributed by atoms with Crippen molar-refractivity contribution in [2.24, 2.45) is 5.73 Å². The maximum Gasteiger partial charge on any atom is 0.148 e. The lowest BCUT2D eigenvalue weighted by molar-refractivity contribution is 0.396. The van der Waals surface area contributed by atoms with E-state index in [4.69, 9.17) is 15.2 Å². The molecule has 0 saturated heterocycles. The Hall–Kier alpha value is -1.12. The number of rotatable bonds is 8. The van der Waals surface area contributed by atoms with Gasteiger partial charge in [-0.05, 0) is 18.2 Å². The smallest absolute Gasteiger partial charge is 0.148 e. The predicted molar refractivity (Wildman–Crippen MR) is 84.1 cm³/mol. The Labute approximate surface area is 128 Å². The molecular formula is C13H21NO5S2. The number of nitrogens with two attached hydrogens (primary N) is 1. The number of ether oxygens (including phenoxy) is 2. The lowest BCUT2D eigenvalue weighted by atomic mass is 10.1. The van der Waals surface area contributed by atoms with Crippen LogP contribution in [0.15, 0.2) is 18.2 Å². The van der Waals surface area contributed by atoms with Crippen LogP contribution in [0.4, 0.5) is 0 Å². The molecule has 0 amide bonds. The van der Waals surface area contributed by atoms with Crippen LogP contribution in [0.1, 0.15) is 11.6 Å². The van der Waals surface area contributed by atoms with Crippen LogP contribution in [0.5, 0.6) is 11.5 Å². The van der Waals surface area contributed by atoms with Gasteiger partial charge < -0.3 is 15.2 Å². The fourth-order valence-corrected chi connectivity index (χ4v) is 4.45.